The van der Waals surface area contributed by atoms with E-state index in [2.05, 4.69) is 17.6 Å². The van der Waals surface area contributed by atoms with Crippen LogP contribution in [0, 0.1) is 0 Å². The van der Waals surface area contributed by atoms with Crippen molar-refractivity contribution in [2.45, 2.75) is 43.5 Å². The van der Waals surface area contributed by atoms with Crippen LogP contribution in [-0.4, -0.2) is 35.5 Å². The SMILES string of the molecule is CC1CC(NC(=O)C2CCCN2)CS1. The summed E-state index contributed by atoms with van der Waals surface area (Å²) in [6.45, 7) is 3.22. The average Bonchev–Trinajstić information content (AvgIpc) is 2.75. The molecule has 2 aliphatic rings. The van der Waals surface area contributed by atoms with Crippen LogP contribution in [-0.2, 0) is 4.79 Å². The van der Waals surface area contributed by atoms with Crippen molar-refractivity contribution < 1.29 is 4.79 Å². The molecule has 0 aromatic heterocycles. The molecule has 2 heterocycles. The van der Waals surface area contributed by atoms with Gasteiger partial charge in [-0.3, -0.25) is 4.79 Å². The highest BCUT2D eigenvalue weighted by atomic mass is 32.2. The Kier molecular flexibility index (Phi) is 3.34. The molecule has 3 atom stereocenters. The van der Waals surface area contributed by atoms with E-state index in [-0.39, 0.29) is 11.9 Å². The van der Waals surface area contributed by atoms with Gasteiger partial charge in [-0.2, -0.15) is 11.8 Å². The number of hydrogen-bond acceptors (Lipinski definition) is 3. The van der Waals surface area contributed by atoms with Crippen molar-refractivity contribution in [3.8, 4) is 0 Å². The summed E-state index contributed by atoms with van der Waals surface area (Å²) in [5.74, 6) is 1.29. The smallest absolute Gasteiger partial charge is 0.237 e. The molecule has 2 N–H and O–H groups in total. The Balaban J connectivity index is 1.76. The van der Waals surface area contributed by atoms with Gasteiger partial charge in [0, 0.05) is 17.0 Å². The summed E-state index contributed by atoms with van der Waals surface area (Å²) in [5.41, 5.74) is 0. The first kappa shape index (κ1) is 10.3. The summed E-state index contributed by atoms with van der Waals surface area (Å²) < 4.78 is 0. The van der Waals surface area contributed by atoms with E-state index in [4.69, 9.17) is 0 Å². The maximum absolute atomic E-state index is 11.7. The molecule has 0 aromatic carbocycles. The number of rotatable bonds is 2. The van der Waals surface area contributed by atoms with E-state index in [9.17, 15) is 4.79 Å². The maximum atomic E-state index is 11.7. The van der Waals surface area contributed by atoms with Gasteiger partial charge in [-0.15, -0.1) is 0 Å². The van der Waals surface area contributed by atoms with E-state index in [1.165, 1.54) is 0 Å². The van der Waals surface area contributed by atoms with Gasteiger partial charge >= 0.3 is 0 Å². The first-order valence-corrected chi connectivity index (χ1v) is 6.46. The predicted molar refractivity (Wildman–Crippen MR) is 59.5 cm³/mol. The topological polar surface area (TPSA) is 41.1 Å². The van der Waals surface area contributed by atoms with E-state index < -0.39 is 0 Å². The lowest BCUT2D eigenvalue weighted by Crippen LogP contribution is -2.45. The molecule has 14 heavy (non-hydrogen) atoms. The Labute approximate surface area is 89.4 Å². The van der Waals surface area contributed by atoms with Crippen LogP contribution in [0.3, 0.4) is 0 Å². The summed E-state index contributed by atoms with van der Waals surface area (Å²) in [6.07, 6.45) is 3.26. The molecule has 2 aliphatic heterocycles. The lowest BCUT2D eigenvalue weighted by Gasteiger charge is -2.15. The summed E-state index contributed by atoms with van der Waals surface area (Å²) in [4.78, 5) is 11.7. The van der Waals surface area contributed by atoms with Gasteiger partial charge in [0.15, 0.2) is 0 Å². The minimum absolute atomic E-state index is 0.0795. The highest BCUT2D eigenvalue weighted by Gasteiger charge is 2.27. The van der Waals surface area contributed by atoms with Crippen LogP contribution < -0.4 is 10.6 Å². The predicted octanol–water partition coefficient (Wildman–Crippen LogP) is 0.749. The largest absolute Gasteiger partial charge is 0.351 e. The summed E-state index contributed by atoms with van der Waals surface area (Å²) in [5, 5.41) is 7.06. The molecule has 0 aromatic rings. The molecule has 2 fully saturated rings. The Morgan fingerprint density at radius 1 is 1.57 bits per heavy atom. The number of carbonyl (C=O) groups is 1. The monoisotopic (exact) mass is 214 g/mol. The minimum Gasteiger partial charge on any atom is -0.351 e. The number of carbonyl (C=O) groups excluding carboxylic acids is 1. The molecule has 3 nitrogen and oxygen atoms in total. The number of nitrogens with one attached hydrogen (secondary N) is 2. The zero-order valence-electron chi connectivity index (χ0n) is 8.58. The van der Waals surface area contributed by atoms with E-state index >= 15 is 0 Å². The van der Waals surface area contributed by atoms with Crippen molar-refractivity contribution in [1.29, 1.82) is 0 Å². The van der Waals surface area contributed by atoms with Gasteiger partial charge in [0.25, 0.3) is 0 Å². The normalized spacial score (nSPS) is 37.4. The first-order valence-electron chi connectivity index (χ1n) is 5.41. The van der Waals surface area contributed by atoms with E-state index in [1.54, 1.807) is 0 Å². The fourth-order valence-electron chi connectivity index (χ4n) is 2.13. The number of hydrogen-bond donors (Lipinski definition) is 2. The number of amides is 1. The highest BCUT2D eigenvalue weighted by molar-refractivity contribution is 8.00. The van der Waals surface area contributed by atoms with Gasteiger partial charge in [-0.25, -0.2) is 0 Å². The molecule has 80 valence electrons. The molecule has 2 saturated heterocycles. The van der Waals surface area contributed by atoms with Crippen LogP contribution in [0.1, 0.15) is 26.2 Å². The second-order valence-electron chi connectivity index (χ2n) is 4.23. The first-order chi connectivity index (χ1) is 6.75. The lowest BCUT2D eigenvalue weighted by atomic mass is 10.1. The Morgan fingerprint density at radius 3 is 3.00 bits per heavy atom. The van der Waals surface area contributed by atoms with E-state index in [0.717, 1.165) is 31.6 Å². The van der Waals surface area contributed by atoms with Crippen LogP contribution in [0.25, 0.3) is 0 Å². The molecule has 0 radical (unpaired) electrons. The fourth-order valence-corrected chi connectivity index (χ4v) is 3.28. The average molecular weight is 214 g/mol. The molecule has 0 bridgehead atoms. The van der Waals surface area contributed by atoms with Gasteiger partial charge < -0.3 is 10.6 Å². The quantitative estimate of drug-likeness (QED) is 0.712. The second-order valence-corrected chi connectivity index (χ2v) is 5.71. The summed E-state index contributed by atoms with van der Waals surface area (Å²) in [7, 11) is 0. The summed E-state index contributed by atoms with van der Waals surface area (Å²) >= 11 is 1.95. The van der Waals surface area contributed by atoms with Crippen LogP contribution in [0.15, 0.2) is 0 Å². The van der Waals surface area contributed by atoms with Crippen molar-refractivity contribution in [3.05, 3.63) is 0 Å². The third-order valence-electron chi connectivity index (χ3n) is 2.92. The van der Waals surface area contributed by atoms with E-state index in [1.807, 2.05) is 11.8 Å². The Hall–Kier alpha value is -0.220. The van der Waals surface area contributed by atoms with Gasteiger partial charge in [0.2, 0.25) is 5.91 Å². The van der Waals surface area contributed by atoms with Crippen LogP contribution in [0.2, 0.25) is 0 Å². The van der Waals surface area contributed by atoms with E-state index in [0.29, 0.717) is 11.3 Å². The van der Waals surface area contributed by atoms with Gasteiger partial charge in [-0.1, -0.05) is 6.92 Å². The number of thioether (sulfide) groups is 1. The third kappa shape index (κ3) is 2.42. The fraction of sp³-hybridized carbons (Fsp3) is 0.900. The standard InChI is InChI=1S/C10H18N2OS/c1-7-5-8(6-14-7)12-10(13)9-3-2-4-11-9/h7-9,11H,2-6H2,1H3,(H,12,13). The molecule has 0 saturated carbocycles. The zero-order valence-corrected chi connectivity index (χ0v) is 9.40. The second kappa shape index (κ2) is 4.53. The Bertz CT molecular complexity index is 216. The van der Waals surface area contributed by atoms with Gasteiger partial charge in [-0.05, 0) is 25.8 Å². The molecule has 0 spiro atoms. The van der Waals surface area contributed by atoms with Crippen molar-refractivity contribution >= 4 is 17.7 Å². The molecule has 1 amide bonds. The van der Waals surface area contributed by atoms with Crippen molar-refractivity contribution in [3.63, 3.8) is 0 Å². The minimum atomic E-state index is 0.0795. The highest BCUT2D eigenvalue weighted by Crippen LogP contribution is 2.26. The Morgan fingerprint density at radius 2 is 2.43 bits per heavy atom. The van der Waals surface area contributed by atoms with Gasteiger partial charge in [0.1, 0.15) is 0 Å². The molecular formula is C10H18N2OS. The van der Waals surface area contributed by atoms with Crippen molar-refractivity contribution in [2.75, 3.05) is 12.3 Å². The van der Waals surface area contributed by atoms with Gasteiger partial charge in [0.05, 0.1) is 6.04 Å². The zero-order chi connectivity index (χ0) is 9.97. The molecule has 3 unspecified atom stereocenters. The molecule has 0 aliphatic carbocycles. The third-order valence-corrected chi connectivity index (χ3v) is 4.28. The molecule has 2 rings (SSSR count). The van der Waals surface area contributed by atoms with Crippen molar-refractivity contribution in [2.24, 2.45) is 0 Å². The maximum Gasteiger partial charge on any atom is 0.237 e. The van der Waals surface area contributed by atoms with Crippen molar-refractivity contribution in [1.82, 2.24) is 10.6 Å². The van der Waals surface area contributed by atoms with Crippen LogP contribution >= 0.6 is 11.8 Å². The van der Waals surface area contributed by atoms with Crippen LogP contribution in [0.5, 0.6) is 0 Å². The molecular weight excluding hydrogens is 196 g/mol. The molecule has 4 heteroatoms. The lowest BCUT2D eigenvalue weighted by molar-refractivity contribution is -0.123. The summed E-state index contributed by atoms with van der Waals surface area (Å²) in [6, 6.07) is 0.487. The van der Waals surface area contributed by atoms with Crippen LogP contribution in [0.4, 0.5) is 0 Å².